The van der Waals surface area contributed by atoms with Gasteiger partial charge in [0.1, 0.15) is 0 Å². The molecule has 0 heterocycles. The first-order valence-electron chi connectivity index (χ1n) is 12.2. The maximum atomic E-state index is 2.44. The van der Waals surface area contributed by atoms with E-state index in [0.717, 1.165) is 4.43 Å². The molecule has 0 atom stereocenters. The number of unbranched alkanes of at least 4 members (excludes halogenated alkanes) is 1. The van der Waals surface area contributed by atoms with Crippen LogP contribution in [0.4, 0.5) is 0 Å². The van der Waals surface area contributed by atoms with Gasteiger partial charge in [0, 0.05) is 4.43 Å². The number of rotatable bonds is 16. The highest BCUT2D eigenvalue weighted by atomic mass is 127. The van der Waals surface area contributed by atoms with Crippen LogP contribution < -0.4 is 0 Å². The standard InChI is InChI=1S/C30H49I/c1-25(2)14-10-17-28(5)20-11-18-26(3)15-8-9-16-27(4)19-12-21-29(6)22-13-23-30(7)24-31/h14-16,20-21,23H,8-13,17-19,22,24H2,1-7H3/b26-15+,27-16+,28-20+,29-21-,30-23+. The van der Waals surface area contributed by atoms with Crippen molar-refractivity contribution in [2.45, 2.75) is 113 Å². The molecule has 176 valence electrons. The second-order valence-electron chi connectivity index (χ2n) is 9.40. The first kappa shape index (κ1) is 30.2. The topological polar surface area (TPSA) is 0 Å². The molecule has 0 spiro atoms. The highest BCUT2D eigenvalue weighted by Gasteiger charge is 1.94. The summed E-state index contributed by atoms with van der Waals surface area (Å²) < 4.78 is 1.15. The van der Waals surface area contributed by atoms with E-state index in [1.54, 1.807) is 0 Å². The van der Waals surface area contributed by atoms with Gasteiger partial charge in [0.05, 0.1) is 0 Å². The Bertz CT molecular complexity index is 661. The molecule has 0 unspecified atom stereocenters. The lowest BCUT2D eigenvalue weighted by Gasteiger charge is -2.03. The Morgan fingerprint density at radius 2 is 0.710 bits per heavy atom. The number of alkyl halides is 1. The van der Waals surface area contributed by atoms with Crippen molar-refractivity contribution in [2.24, 2.45) is 0 Å². The Hall–Kier alpha value is -0.830. The molecule has 0 aliphatic rings. The van der Waals surface area contributed by atoms with Gasteiger partial charge in [-0.2, -0.15) is 0 Å². The lowest BCUT2D eigenvalue weighted by atomic mass is 10.0. The Kier molecular flexibility index (Phi) is 19.3. The maximum Gasteiger partial charge on any atom is 0.0203 e. The van der Waals surface area contributed by atoms with Crippen molar-refractivity contribution in [3.63, 3.8) is 0 Å². The van der Waals surface area contributed by atoms with E-state index in [1.165, 1.54) is 97.6 Å². The average molecular weight is 537 g/mol. The monoisotopic (exact) mass is 536 g/mol. The van der Waals surface area contributed by atoms with Crippen molar-refractivity contribution in [3.05, 3.63) is 69.9 Å². The van der Waals surface area contributed by atoms with Crippen molar-refractivity contribution in [2.75, 3.05) is 4.43 Å². The highest BCUT2D eigenvalue weighted by Crippen LogP contribution is 2.14. The van der Waals surface area contributed by atoms with Gasteiger partial charge in [0.25, 0.3) is 0 Å². The Morgan fingerprint density at radius 1 is 0.419 bits per heavy atom. The smallest absolute Gasteiger partial charge is 0.0203 e. The molecule has 0 aromatic carbocycles. The molecule has 0 aliphatic heterocycles. The minimum Gasteiger partial charge on any atom is -0.0856 e. The quantitative estimate of drug-likeness (QED) is 0.0796. The zero-order valence-corrected chi connectivity index (χ0v) is 23.8. The molecular formula is C30H49I. The van der Waals surface area contributed by atoms with Gasteiger partial charge < -0.3 is 0 Å². The third-order valence-corrected chi connectivity index (χ3v) is 6.75. The van der Waals surface area contributed by atoms with E-state index in [2.05, 4.69) is 108 Å². The van der Waals surface area contributed by atoms with Crippen molar-refractivity contribution >= 4 is 22.6 Å². The van der Waals surface area contributed by atoms with Gasteiger partial charge in [-0.05, 0) is 113 Å². The predicted octanol–water partition coefficient (Wildman–Crippen LogP) is 11.0. The predicted molar refractivity (Wildman–Crippen MR) is 153 cm³/mol. The molecule has 0 rings (SSSR count). The summed E-state index contributed by atoms with van der Waals surface area (Å²) in [6.45, 7) is 15.7. The molecule has 0 saturated heterocycles. The van der Waals surface area contributed by atoms with E-state index < -0.39 is 0 Å². The van der Waals surface area contributed by atoms with Gasteiger partial charge in [-0.3, -0.25) is 0 Å². The molecule has 0 bridgehead atoms. The molecule has 0 saturated carbocycles. The number of hydrogen-bond donors (Lipinski definition) is 0. The third-order valence-electron chi connectivity index (χ3n) is 5.55. The fourth-order valence-corrected chi connectivity index (χ4v) is 3.66. The molecule has 0 N–H and O–H groups in total. The number of halogens is 1. The molecule has 0 aromatic heterocycles. The van der Waals surface area contributed by atoms with E-state index in [-0.39, 0.29) is 0 Å². The van der Waals surface area contributed by atoms with E-state index in [4.69, 9.17) is 0 Å². The van der Waals surface area contributed by atoms with Crippen LogP contribution in [0.15, 0.2) is 69.9 Å². The minimum atomic E-state index is 1.15. The maximum absolute atomic E-state index is 2.44. The summed E-state index contributed by atoms with van der Waals surface area (Å²) in [5, 5.41) is 0. The van der Waals surface area contributed by atoms with Crippen LogP contribution in [-0.4, -0.2) is 4.43 Å². The van der Waals surface area contributed by atoms with Gasteiger partial charge in [0.15, 0.2) is 0 Å². The van der Waals surface area contributed by atoms with Crippen LogP contribution in [0.25, 0.3) is 0 Å². The van der Waals surface area contributed by atoms with Crippen LogP contribution >= 0.6 is 22.6 Å². The Morgan fingerprint density at radius 3 is 1.03 bits per heavy atom. The lowest BCUT2D eigenvalue weighted by molar-refractivity contribution is 0.896. The summed E-state index contributed by atoms with van der Waals surface area (Å²) in [4.78, 5) is 0. The van der Waals surface area contributed by atoms with E-state index >= 15 is 0 Å². The first-order chi connectivity index (χ1) is 14.7. The van der Waals surface area contributed by atoms with Gasteiger partial charge >= 0.3 is 0 Å². The summed E-state index contributed by atoms with van der Waals surface area (Å²) in [6.07, 6.45) is 26.3. The van der Waals surface area contributed by atoms with E-state index in [0.29, 0.717) is 0 Å². The van der Waals surface area contributed by atoms with Gasteiger partial charge in [-0.15, -0.1) is 0 Å². The third kappa shape index (κ3) is 20.8. The minimum absolute atomic E-state index is 1.15. The van der Waals surface area contributed by atoms with Crippen LogP contribution in [0.3, 0.4) is 0 Å². The summed E-state index contributed by atoms with van der Waals surface area (Å²) in [6, 6.07) is 0. The van der Waals surface area contributed by atoms with Crippen LogP contribution in [0.5, 0.6) is 0 Å². The molecule has 31 heavy (non-hydrogen) atoms. The van der Waals surface area contributed by atoms with Crippen molar-refractivity contribution < 1.29 is 0 Å². The van der Waals surface area contributed by atoms with Crippen LogP contribution in [0.2, 0.25) is 0 Å². The Balaban J connectivity index is 4.07. The summed E-state index contributed by atoms with van der Waals surface area (Å²) in [5.41, 5.74) is 9.05. The molecule has 0 aliphatic carbocycles. The summed E-state index contributed by atoms with van der Waals surface area (Å²) in [7, 11) is 0. The molecule has 0 radical (unpaired) electrons. The van der Waals surface area contributed by atoms with Gasteiger partial charge in [-0.1, -0.05) is 92.5 Å². The zero-order chi connectivity index (χ0) is 23.5. The Labute approximate surface area is 208 Å². The molecule has 1 heteroatoms. The first-order valence-corrected chi connectivity index (χ1v) is 13.7. The van der Waals surface area contributed by atoms with Crippen molar-refractivity contribution in [1.29, 1.82) is 0 Å². The van der Waals surface area contributed by atoms with Crippen LogP contribution in [0.1, 0.15) is 113 Å². The largest absolute Gasteiger partial charge is 0.0856 e. The second-order valence-corrected chi connectivity index (χ2v) is 10.2. The van der Waals surface area contributed by atoms with Crippen molar-refractivity contribution in [1.82, 2.24) is 0 Å². The molecule has 0 aromatic rings. The zero-order valence-electron chi connectivity index (χ0n) is 21.6. The normalized spacial score (nSPS) is 14.3. The highest BCUT2D eigenvalue weighted by molar-refractivity contribution is 14.1. The fourth-order valence-electron chi connectivity index (χ4n) is 3.35. The van der Waals surface area contributed by atoms with Crippen LogP contribution in [-0.2, 0) is 0 Å². The molecule has 0 amide bonds. The van der Waals surface area contributed by atoms with Crippen LogP contribution in [0, 0.1) is 0 Å². The molecule has 0 fully saturated rings. The average Bonchev–Trinajstić information content (AvgIpc) is 2.70. The van der Waals surface area contributed by atoms with Crippen molar-refractivity contribution in [3.8, 4) is 0 Å². The molecular weight excluding hydrogens is 487 g/mol. The SMILES string of the molecule is CC(C)=CCC/C(C)=C/CC/C(C)=C/CC/C=C(\C)CC/C=C(/C)CC/C=C(\C)CI. The number of hydrogen-bond acceptors (Lipinski definition) is 0. The second kappa shape index (κ2) is 19.8. The summed E-state index contributed by atoms with van der Waals surface area (Å²) in [5.74, 6) is 0. The summed E-state index contributed by atoms with van der Waals surface area (Å²) >= 11 is 2.43. The van der Waals surface area contributed by atoms with Gasteiger partial charge in [0.2, 0.25) is 0 Å². The fraction of sp³-hybridized carbons (Fsp3) is 0.600. The lowest BCUT2D eigenvalue weighted by Crippen LogP contribution is -1.82. The van der Waals surface area contributed by atoms with E-state index in [1.807, 2.05) is 0 Å². The number of allylic oxidation sites excluding steroid dienone is 12. The van der Waals surface area contributed by atoms with Gasteiger partial charge in [-0.25, -0.2) is 0 Å². The van der Waals surface area contributed by atoms with E-state index in [9.17, 15) is 0 Å². The molecule has 0 nitrogen and oxygen atoms in total.